The van der Waals surface area contributed by atoms with E-state index < -0.39 is 0 Å². The van der Waals surface area contributed by atoms with E-state index in [-0.39, 0.29) is 0 Å². The Morgan fingerprint density at radius 3 is 1.71 bits per heavy atom. The van der Waals surface area contributed by atoms with Crippen LogP contribution in [-0.4, -0.2) is 8.97 Å². The van der Waals surface area contributed by atoms with Gasteiger partial charge in [-0.15, -0.1) is 11.3 Å². The highest BCUT2D eigenvalue weighted by molar-refractivity contribution is 7.23. The molecule has 7 aromatic carbocycles. The van der Waals surface area contributed by atoms with Gasteiger partial charge in [0.1, 0.15) is 4.83 Å². The van der Waals surface area contributed by atoms with Crippen molar-refractivity contribution < 1.29 is 0 Å². The largest absolute Gasteiger partial charge is 0.309 e. The van der Waals surface area contributed by atoms with Gasteiger partial charge in [-0.2, -0.15) is 0 Å². The zero-order valence-corrected chi connectivity index (χ0v) is 27.3. The van der Waals surface area contributed by atoms with Gasteiger partial charge in [0, 0.05) is 48.4 Å². The van der Waals surface area contributed by atoms with E-state index >= 15 is 0 Å². The highest BCUT2D eigenvalue weighted by Gasteiger charge is 2.25. The predicted molar refractivity (Wildman–Crippen MR) is 210 cm³/mol. The van der Waals surface area contributed by atoms with Gasteiger partial charge in [0.05, 0.1) is 22.1 Å². The molecular weight excluding hydrogens is 613 g/mol. The second kappa shape index (κ2) is 10.2. The van der Waals surface area contributed by atoms with Crippen LogP contribution in [0.15, 0.2) is 170 Å². The summed E-state index contributed by atoms with van der Waals surface area (Å²) < 4.78 is 4.91. The van der Waals surface area contributed by atoms with E-state index in [2.05, 4.69) is 179 Å². The summed E-state index contributed by atoms with van der Waals surface area (Å²) in [6, 6.07) is 62.1. The Bertz CT molecular complexity index is 3020. The minimum Gasteiger partial charge on any atom is -0.309 e. The van der Waals surface area contributed by atoms with Gasteiger partial charge in [-0.25, -0.2) is 0 Å². The number of nitrogens with zero attached hydrogens (tertiary/aromatic N) is 2. The lowest BCUT2D eigenvalue weighted by Crippen LogP contribution is -1.92. The predicted octanol–water partition coefficient (Wildman–Crippen LogP) is 13.0. The molecule has 0 bridgehead atoms. The summed E-state index contributed by atoms with van der Waals surface area (Å²) in [5, 5.41) is 7.81. The molecule has 0 saturated carbocycles. The maximum absolute atomic E-state index is 2.53. The van der Waals surface area contributed by atoms with Crippen molar-refractivity contribution in [2.75, 3.05) is 0 Å². The normalized spacial score (nSPS) is 12.1. The number of rotatable bonds is 4. The molecular formula is C46H28N2S. The number of hydrogen-bond donors (Lipinski definition) is 0. The van der Waals surface area contributed by atoms with Crippen molar-refractivity contribution in [1.29, 1.82) is 0 Å². The van der Waals surface area contributed by atoms with Gasteiger partial charge < -0.3 is 4.57 Å². The Labute approximate surface area is 286 Å². The standard InChI is InChI=1S/C46H28N2S/c1-4-13-29(14-5-1)42-43-36-21-12-20-35-38-28-32(24-26-41(38)48(44(35)36)46(43)49-45(42)30-15-6-2-7-16-30)31-23-25-40-37(27-31)34-19-10-11-22-39(34)47(40)33-17-8-3-9-18-33/h1-28H. The van der Waals surface area contributed by atoms with E-state index in [1.54, 1.807) is 0 Å². The summed E-state index contributed by atoms with van der Waals surface area (Å²) in [6.07, 6.45) is 0. The first-order valence-corrected chi connectivity index (χ1v) is 17.6. The summed E-state index contributed by atoms with van der Waals surface area (Å²) in [5.41, 5.74) is 12.5. The Morgan fingerprint density at radius 2 is 0.959 bits per heavy atom. The van der Waals surface area contributed by atoms with Gasteiger partial charge in [0.15, 0.2) is 0 Å². The Kier molecular flexibility index (Phi) is 5.57. The zero-order chi connectivity index (χ0) is 32.1. The summed E-state index contributed by atoms with van der Waals surface area (Å²) in [5.74, 6) is 0. The van der Waals surface area contributed by atoms with Gasteiger partial charge in [-0.1, -0.05) is 127 Å². The van der Waals surface area contributed by atoms with E-state index in [4.69, 9.17) is 0 Å². The fourth-order valence-corrected chi connectivity index (χ4v) is 9.53. The van der Waals surface area contributed by atoms with Crippen LogP contribution in [0.5, 0.6) is 0 Å². The monoisotopic (exact) mass is 640 g/mol. The molecule has 4 aromatic heterocycles. The van der Waals surface area contributed by atoms with Gasteiger partial charge >= 0.3 is 0 Å². The van der Waals surface area contributed by atoms with Crippen molar-refractivity contribution in [3.05, 3.63) is 170 Å². The number of fused-ring (bicyclic) bond motifs is 9. The molecule has 0 spiro atoms. The summed E-state index contributed by atoms with van der Waals surface area (Å²) >= 11 is 1.91. The highest BCUT2D eigenvalue weighted by atomic mass is 32.1. The second-order valence-corrected chi connectivity index (χ2v) is 13.9. The fraction of sp³-hybridized carbons (Fsp3) is 0. The topological polar surface area (TPSA) is 9.34 Å². The molecule has 0 N–H and O–H groups in total. The van der Waals surface area contributed by atoms with Crippen molar-refractivity contribution >= 4 is 70.6 Å². The average Bonchev–Trinajstić information content (AvgIpc) is 3.90. The first kappa shape index (κ1) is 26.9. The van der Waals surface area contributed by atoms with Crippen LogP contribution in [0.4, 0.5) is 0 Å². The Balaban J connectivity index is 1.15. The van der Waals surface area contributed by atoms with E-state index in [9.17, 15) is 0 Å². The van der Waals surface area contributed by atoms with Crippen LogP contribution in [0, 0.1) is 0 Å². The quantitative estimate of drug-likeness (QED) is 0.181. The lowest BCUT2D eigenvalue weighted by Gasteiger charge is -2.08. The van der Waals surface area contributed by atoms with Crippen LogP contribution in [0.25, 0.3) is 97.6 Å². The first-order chi connectivity index (χ1) is 24.3. The third-order valence-electron chi connectivity index (χ3n) is 10.3. The lowest BCUT2D eigenvalue weighted by atomic mass is 9.97. The molecule has 228 valence electrons. The first-order valence-electron chi connectivity index (χ1n) is 16.8. The maximum atomic E-state index is 2.53. The molecule has 11 rings (SSSR count). The fourth-order valence-electron chi connectivity index (χ4n) is 8.17. The molecule has 2 nitrogen and oxygen atoms in total. The smallest absolute Gasteiger partial charge is 0.109 e. The third kappa shape index (κ3) is 3.76. The zero-order valence-electron chi connectivity index (χ0n) is 26.5. The minimum absolute atomic E-state index is 1.18. The molecule has 49 heavy (non-hydrogen) atoms. The van der Waals surface area contributed by atoms with Crippen LogP contribution >= 0.6 is 11.3 Å². The van der Waals surface area contributed by atoms with Crippen LogP contribution in [0.3, 0.4) is 0 Å². The van der Waals surface area contributed by atoms with E-state index in [0.717, 1.165) is 0 Å². The van der Waals surface area contributed by atoms with Gasteiger partial charge in [0.25, 0.3) is 0 Å². The summed E-state index contributed by atoms with van der Waals surface area (Å²) in [4.78, 5) is 2.63. The van der Waals surface area contributed by atoms with Gasteiger partial charge in [-0.05, 0) is 64.7 Å². The molecule has 0 saturated heterocycles. The molecule has 3 heteroatoms. The van der Waals surface area contributed by atoms with Crippen molar-refractivity contribution in [3.63, 3.8) is 0 Å². The summed E-state index contributed by atoms with van der Waals surface area (Å²) in [7, 11) is 0. The van der Waals surface area contributed by atoms with Crippen molar-refractivity contribution in [1.82, 2.24) is 8.97 Å². The molecule has 0 aliphatic carbocycles. The molecule has 11 aromatic rings. The molecule has 0 aliphatic heterocycles. The average molecular weight is 641 g/mol. The molecule has 0 unspecified atom stereocenters. The van der Waals surface area contributed by atoms with Gasteiger partial charge in [0.2, 0.25) is 0 Å². The van der Waals surface area contributed by atoms with E-state index in [0.29, 0.717) is 0 Å². The minimum atomic E-state index is 1.18. The number of para-hydroxylation sites is 3. The molecule has 0 atom stereocenters. The molecule has 0 amide bonds. The Hall–Kier alpha value is -6.16. The Morgan fingerprint density at radius 1 is 0.388 bits per heavy atom. The lowest BCUT2D eigenvalue weighted by molar-refractivity contribution is 1.18. The van der Waals surface area contributed by atoms with Crippen LogP contribution in [0.1, 0.15) is 0 Å². The third-order valence-corrected chi connectivity index (χ3v) is 11.5. The maximum Gasteiger partial charge on any atom is 0.109 e. The van der Waals surface area contributed by atoms with Crippen LogP contribution in [0.2, 0.25) is 0 Å². The molecule has 0 aliphatic rings. The number of aromatic nitrogens is 2. The van der Waals surface area contributed by atoms with E-state index in [1.807, 2.05) is 11.3 Å². The van der Waals surface area contributed by atoms with Crippen LogP contribution < -0.4 is 0 Å². The summed E-state index contributed by atoms with van der Waals surface area (Å²) in [6.45, 7) is 0. The molecule has 4 heterocycles. The molecule has 0 radical (unpaired) electrons. The van der Waals surface area contributed by atoms with Crippen molar-refractivity contribution in [2.45, 2.75) is 0 Å². The second-order valence-electron chi connectivity index (χ2n) is 12.9. The number of thiophene rings is 1. The number of benzene rings is 7. The van der Waals surface area contributed by atoms with Crippen molar-refractivity contribution in [2.24, 2.45) is 0 Å². The van der Waals surface area contributed by atoms with Gasteiger partial charge in [-0.3, -0.25) is 4.40 Å². The van der Waals surface area contributed by atoms with E-state index in [1.165, 1.54) is 97.6 Å². The van der Waals surface area contributed by atoms with Crippen molar-refractivity contribution in [3.8, 4) is 38.4 Å². The highest BCUT2D eigenvalue weighted by Crippen LogP contribution is 2.51. The van der Waals surface area contributed by atoms with Crippen LogP contribution in [-0.2, 0) is 0 Å². The molecule has 0 fully saturated rings. The SMILES string of the molecule is c1ccc(-c2sc3c(c2-c2ccccc2)c2cccc4c5cc(-c6ccc7c(c6)c6ccccc6n7-c6ccccc6)ccc5n3c42)cc1. The number of hydrogen-bond acceptors (Lipinski definition) is 1.